The van der Waals surface area contributed by atoms with Crippen molar-refractivity contribution in [2.24, 2.45) is 4.99 Å². The van der Waals surface area contributed by atoms with E-state index in [-0.39, 0.29) is 17.4 Å². The predicted octanol–water partition coefficient (Wildman–Crippen LogP) is 7.16. The van der Waals surface area contributed by atoms with Crippen LogP contribution < -0.4 is 5.32 Å². The standard InChI is InChI=1S/C27H27BrN2/c1-27(2,3)30-26-25(21-14-16-22(28)17-15-21)23(19-10-6-4-7-11-19)18-24(29-26)20-12-8-5-9-13-20/h4-18,23,25H,1-3H3,(H,29,30). The van der Waals surface area contributed by atoms with E-state index in [1.165, 1.54) is 16.7 Å². The molecule has 1 N–H and O–H groups in total. The molecule has 0 saturated heterocycles. The minimum absolute atomic E-state index is 0.118. The van der Waals surface area contributed by atoms with Gasteiger partial charge in [0.1, 0.15) is 5.84 Å². The van der Waals surface area contributed by atoms with Crippen molar-refractivity contribution in [2.75, 3.05) is 0 Å². The normalized spacial score (nSPS) is 20.5. The Balaban J connectivity index is 1.91. The Morgan fingerprint density at radius 2 is 1.37 bits per heavy atom. The van der Waals surface area contributed by atoms with Crippen LogP contribution >= 0.6 is 15.9 Å². The van der Waals surface area contributed by atoms with Gasteiger partial charge >= 0.3 is 0 Å². The summed E-state index contributed by atoms with van der Waals surface area (Å²) in [5.74, 6) is 1.32. The average Bonchev–Trinajstić information content (AvgIpc) is 2.74. The molecular formula is C27H27BrN2. The van der Waals surface area contributed by atoms with Gasteiger partial charge in [0.05, 0.1) is 11.5 Å². The summed E-state index contributed by atoms with van der Waals surface area (Å²) < 4.78 is 1.08. The van der Waals surface area contributed by atoms with Crippen LogP contribution in [-0.2, 0) is 0 Å². The Kier molecular flexibility index (Phi) is 5.92. The molecule has 3 aromatic rings. The maximum atomic E-state index is 5.15. The van der Waals surface area contributed by atoms with Crippen LogP contribution in [0.3, 0.4) is 0 Å². The maximum Gasteiger partial charge on any atom is 0.110 e. The van der Waals surface area contributed by atoms with Gasteiger partial charge in [-0.3, -0.25) is 4.99 Å². The summed E-state index contributed by atoms with van der Waals surface area (Å²) in [4.78, 5) is 5.15. The van der Waals surface area contributed by atoms with E-state index >= 15 is 0 Å². The predicted molar refractivity (Wildman–Crippen MR) is 131 cm³/mol. The summed E-state index contributed by atoms with van der Waals surface area (Å²) in [5, 5.41) is 3.69. The lowest BCUT2D eigenvalue weighted by molar-refractivity contribution is 0.571. The third kappa shape index (κ3) is 4.73. The lowest BCUT2D eigenvalue weighted by atomic mass is 9.77. The van der Waals surface area contributed by atoms with E-state index in [1.54, 1.807) is 0 Å². The van der Waals surface area contributed by atoms with Crippen molar-refractivity contribution in [3.8, 4) is 0 Å². The molecule has 3 heteroatoms. The molecule has 0 amide bonds. The van der Waals surface area contributed by atoms with Gasteiger partial charge in [0, 0.05) is 16.1 Å². The Hall–Kier alpha value is -2.65. The molecule has 1 aliphatic rings. The molecule has 2 atom stereocenters. The first kappa shape index (κ1) is 20.6. The van der Waals surface area contributed by atoms with Gasteiger partial charge in [-0.15, -0.1) is 0 Å². The smallest absolute Gasteiger partial charge is 0.110 e. The van der Waals surface area contributed by atoms with Gasteiger partial charge < -0.3 is 5.32 Å². The van der Waals surface area contributed by atoms with E-state index < -0.39 is 0 Å². The second-order valence-electron chi connectivity index (χ2n) is 8.70. The zero-order valence-electron chi connectivity index (χ0n) is 17.6. The van der Waals surface area contributed by atoms with Gasteiger partial charge in [-0.25, -0.2) is 0 Å². The number of allylic oxidation sites excluding steroid dienone is 1. The third-order valence-electron chi connectivity index (χ3n) is 5.22. The highest BCUT2D eigenvalue weighted by atomic mass is 79.9. The zero-order valence-corrected chi connectivity index (χ0v) is 19.2. The van der Waals surface area contributed by atoms with Crippen molar-refractivity contribution >= 4 is 27.5 Å². The number of rotatable bonds is 3. The number of aliphatic imine (C=N–C) groups is 1. The number of amidine groups is 1. The Bertz CT molecular complexity index is 1050. The van der Waals surface area contributed by atoms with E-state index in [0.717, 1.165) is 16.0 Å². The van der Waals surface area contributed by atoms with E-state index in [4.69, 9.17) is 4.99 Å². The fourth-order valence-electron chi connectivity index (χ4n) is 3.95. The number of hydrogen-bond donors (Lipinski definition) is 1. The topological polar surface area (TPSA) is 24.4 Å². The monoisotopic (exact) mass is 458 g/mol. The number of benzene rings is 3. The van der Waals surface area contributed by atoms with Crippen LogP contribution in [0.2, 0.25) is 0 Å². The summed E-state index contributed by atoms with van der Waals surface area (Å²) >= 11 is 3.58. The second-order valence-corrected chi connectivity index (χ2v) is 9.62. The molecule has 4 rings (SSSR count). The average molecular weight is 459 g/mol. The van der Waals surface area contributed by atoms with Crippen LogP contribution in [0.5, 0.6) is 0 Å². The second kappa shape index (κ2) is 8.61. The molecule has 3 aromatic carbocycles. The van der Waals surface area contributed by atoms with Gasteiger partial charge in [0.15, 0.2) is 0 Å². The first-order valence-corrected chi connectivity index (χ1v) is 11.1. The largest absolute Gasteiger partial charge is 0.343 e. The molecule has 0 aliphatic carbocycles. The molecule has 152 valence electrons. The Labute approximate surface area is 187 Å². The molecule has 2 nitrogen and oxygen atoms in total. The van der Waals surface area contributed by atoms with E-state index in [1.807, 2.05) is 0 Å². The lowest BCUT2D eigenvalue weighted by Crippen LogP contribution is -2.38. The summed E-state index contributed by atoms with van der Waals surface area (Å²) in [5.41, 5.74) is 4.65. The Morgan fingerprint density at radius 3 is 1.97 bits per heavy atom. The van der Waals surface area contributed by atoms with Crippen LogP contribution in [0.15, 0.2) is 100 Å². The molecule has 0 spiro atoms. The van der Waals surface area contributed by atoms with Crippen LogP contribution in [0.1, 0.15) is 49.3 Å². The first-order chi connectivity index (χ1) is 14.4. The van der Waals surface area contributed by atoms with Crippen molar-refractivity contribution in [3.05, 3.63) is 112 Å². The van der Waals surface area contributed by atoms with Gasteiger partial charge in [-0.05, 0) is 49.6 Å². The van der Waals surface area contributed by atoms with Crippen molar-refractivity contribution in [1.82, 2.24) is 5.32 Å². The minimum Gasteiger partial charge on any atom is -0.343 e. The van der Waals surface area contributed by atoms with Crippen molar-refractivity contribution in [1.29, 1.82) is 0 Å². The zero-order chi connectivity index (χ0) is 21.1. The quantitative estimate of drug-likeness (QED) is 0.442. The van der Waals surface area contributed by atoms with Crippen molar-refractivity contribution in [2.45, 2.75) is 38.1 Å². The summed E-state index contributed by atoms with van der Waals surface area (Å²) in [6.45, 7) is 6.45. The van der Waals surface area contributed by atoms with Gasteiger partial charge in [0.2, 0.25) is 0 Å². The summed E-state index contributed by atoms with van der Waals surface area (Å²) in [6.07, 6.45) is 2.36. The fourth-order valence-corrected chi connectivity index (χ4v) is 4.21. The van der Waals surface area contributed by atoms with Crippen LogP contribution in [0, 0.1) is 0 Å². The van der Waals surface area contributed by atoms with Crippen LogP contribution in [0.4, 0.5) is 0 Å². The molecule has 0 fully saturated rings. The lowest BCUT2D eigenvalue weighted by Gasteiger charge is -2.35. The minimum atomic E-state index is -0.184. The first-order valence-electron chi connectivity index (χ1n) is 10.4. The molecule has 0 aromatic heterocycles. The van der Waals surface area contributed by atoms with Crippen molar-refractivity contribution < 1.29 is 0 Å². The molecule has 1 aliphatic heterocycles. The summed E-state index contributed by atoms with van der Waals surface area (Å²) in [7, 11) is 0. The molecule has 0 saturated carbocycles. The highest BCUT2D eigenvalue weighted by Gasteiger charge is 2.34. The SMILES string of the molecule is CC(C)(C)N=C1NC(c2ccccc2)=CC(c2ccccc2)C1c1ccc(Br)cc1. The van der Waals surface area contributed by atoms with Crippen molar-refractivity contribution in [3.63, 3.8) is 0 Å². The number of nitrogens with zero attached hydrogens (tertiary/aromatic N) is 1. The van der Waals surface area contributed by atoms with Gasteiger partial charge in [-0.2, -0.15) is 0 Å². The number of hydrogen-bond acceptors (Lipinski definition) is 1. The van der Waals surface area contributed by atoms with Crippen LogP contribution in [-0.4, -0.2) is 11.4 Å². The van der Waals surface area contributed by atoms with Gasteiger partial charge in [0.25, 0.3) is 0 Å². The molecule has 1 heterocycles. The van der Waals surface area contributed by atoms with E-state index in [0.29, 0.717) is 0 Å². The molecule has 0 radical (unpaired) electrons. The highest BCUT2D eigenvalue weighted by Crippen LogP contribution is 2.40. The van der Waals surface area contributed by atoms with Crippen LogP contribution in [0.25, 0.3) is 5.70 Å². The molecule has 30 heavy (non-hydrogen) atoms. The van der Waals surface area contributed by atoms with E-state index in [9.17, 15) is 0 Å². The molecule has 0 bridgehead atoms. The number of halogens is 1. The summed E-state index contributed by atoms with van der Waals surface area (Å²) in [6, 6.07) is 29.9. The molecular weight excluding hydrogens is 432 g/mol. The van der Waals surface area contributed by atoms with Gasteiger partial charge in [-0.1, -0.05) is 94.8 Å². The van der Waals surface area contributed by atoms with E-state index in [2.05, 4.69) is 133 Å². The maximum absolute atomic E-state index is 5.15. The molecule has 2 unspecified atom stereocenters. The highest BCUT2D eigenvalue weighted by molar-refractivity contribution is 9.10. The fraction of sp³-hybridized carbons (Fsp3) is 0.222. The third-order valence-corrected chi connectivity index (χ3v) is 5.75. The number of nitrogens with one attached hydrogen (secondary N) is 1. The Morgan fingerprint density at radius 1 is 0.767 bits per heavy atom.